The molecule has 0 spiro atoms. The van der Waals surface area contributed by atoms with Crippen molar-refractivity contribution in [2.24, 2.45) is 0 Å². The van der Waals surface area contributed by atoms with E-state index in [1.54, 1.807) is 9.80 Å². The van der Waals surface area contributed by atoms with Crippen LogP contribution in [0.1, 0.15) is 135 Å². The molecule has 32 nitrogen and oxygen atoms in total. The van der Waals surface area contributed by atoms with Gasteiger partial charge < -0.3 is 89.4 Å². The SMILES string of the molecule is CO[C@H](C(=O)N1Cc2[nH]nc(NC(=O)c3ccc(CN4CCN(CCC(=O)NCCCOCCOCCOCCCNC(=O)CCCC(=O)NCCCOCCOCCOCCCNC(=O)CCN5CCN(Cc6ccc(C(=O)Nc7n[nH]c8c7CN(C(=O)[C@H](OC)c7ccccc7)C8)cc6)CC5)CC4)cc3)c2C1)c1ccccc1. The van der Waals surface area contributed by atoms with Gasteiger partial charge >= 0.3 is 0 Å². The highest BCUT2D eigenvalue weighted by atomic mass is 16.5. The molecule has 2 aromatic heterocycles. The van der Waals surface area contributed by atoms with Crippen LogP contribution >= 0.6 is 0 Å². The number of nitrogens with one attached hydrogen (secondary N) is 8. The van der Waals surface area contributed by atoms with Crippen LogP contribution in [0.25, 0.3) is 0 Å². The lowest BCUT2D eigenvalue weighted by Crippen LogP contribution is -2.46. The maximum Gasteiger partial charge on any atom is 0.256 e. The van der Waals surface area contributed by atoms with Gasteiger partial charge in [-0.05, 0) is 78.6 Å². The van der Waals surface area contributed by atoms with E-state index in [4.69, 9.17) is 37.9 Å². The Hall–Kier alpha value is -9.42. The number of nitrogens with zero attached hydrogens (tertiary/aromatic N) is 8. The van der Waals surface area contributed by atoms with Gasteiger partial charge in [0.1, 0.15) is 0 Å². The minimum absolute atomic E-state index is 0.0252. The van der Waals surface area contributed by atoms with Gasteiger partial charge in [0.05, 0.1) is 90.4 Å². The Bertz CT molecular complexity index is 3700. The summed E-state index contributed by atoms with van der Waals surface area (Å²) in [6, 6.07) is 33.9. The van der Waals surface area contributed by atoms with Gasteiger partial charge in [0, 0.05) is 193 Å². The first-order valence-corrected chi connectivity index (χ1v) is 40.4. The van der Waals surface area contributed by atoms with Crippen molar-refractivity contribution in [1.82, 2.24) is 71.1 Å². The molecule has 4 aromatic carbocycles. The number of rotatable bonds is 52. The van der Waals surface area contributed by atoms with Crippen LogP contribution in [0.5, 0.6) is 0 Å². The van der Waals surface area contributed by atoms with Crippen molar-refractivity contribution in [3.8, 4) is 0 Å². The summed E-state index contributed by atoms with van der Waals surface area (Å²) in [6.07, 6.45) is 3.14. The highest BCUT2D eigenvalue weighted by Crippen LogP contribution is 2.33. The second-order valence-electron chi connectivity index (χ2n) is 28.9. The van der Waals surface area contributed by atoms with Crippen molar-refractivity contribution in [3.05, 3.63) is 165 Å². The normalized spacial score (nSPS) is 15.1. The minimum Gasteiger partial charge on any atom is -0.379 e. The molecule has 0 bridgehead atoms. The number of aromatic amines is 2. The van der Waals surface area contributed by atoms with Crippen LogP contribution in [0.2, 0.25) is 0 Å². The molecule has 115 heavy (non-hydrogen) atoms. The predicted octanol–water partition coefficient (Wildman–Crippen LogP) is 5.11. The van der Waals surface area contributed by atoms with Crippen LogP contribution < -0.4 is 31.9 Å². The van der Waals surface area contributed by atoms with E-state index in [1.165, 1.54) is 14.2 Å². The fourth-order valence-electron chi connectivity index (χ4n) is 13.9. The zero-order valence-electron chi connectivity index (χ0n) is 66.6. The van der Waals surface area contributed by atoms with E-state index in [0.717, 1.165) is 110 Å². The van der Waals surface area contributed by atoms with Gasteiger partial charge in [0.2, 0.25) is 23.6 Å². The average molecular weight is 1590 g/mol. The molecule has 8 N–H and O–H groups in total. The quantitative estimate of drug-likeness (QED) is 0.0230. The van der Waals surface area contributed by atoms with E-state index in [9.17, 15) is 38.4 Å². The van der Waals surface area contributed by atoms with Crippen molar-refractivity contribution >= 4 is 58.9 Å². The van der Waals surface area contributed by atoms with Crippen LogP contribution in [-0.2, 0) is 106 Å². The predicted molar refractivity (Wildman–Crippen MR) is 429 cm³/mol. The number of hydrogen-bond acceptors (Lipinski definition) is 22. The maximum atomic E-state index is 13.4. The van der Waals surface area contributed by atoms with Crippen LogP contribution in [0.3, 0.4) is 0 Å². The van der Waals surface area contributed by atoms with Crippen LogP contribution in [0, 0.1) is 0 Å². The second kappa shape index (κ2) is 48.8. The molecule has 0 saturated carbocycles. The fourth-order valence-corrected chi connectivity index (χ4v) is 13.9. The lowest BCUT2D eigenvalue weighted by atomic mass is 10.1. The Morgan fingerprint density at radius 1 is 0.374 bits per heavy atom. The van der Waals surface area contributed by atoms with Gasteiger partial charge in [-0.15, -0.1) is 0 Å². The van der Waals surface area contributed by atoms with Crippen molar-refractivity contribution in [2.45, 2.75) is 109 Å². The molecule has 2 atom stereocenters. The van der Waals surface area contributed by atoms with E-state index in [0.29, 0.717) is 212 Å². The molecule has 8 amide bonds. The summed E-state index contributed by atoms with van der Waals surface area (Å²) in [5.41, 5.74) is 7.92. The molecule has 2 fully saturated rings. The molecule has 6 aromatic rings. The van der Waals surface area contributed by atoms with E-state index >= 15 is 0 Å². The number of ether oxygens (including phenoxy) is 8. The molecule has 4 aliphatic heterocycles. The second-order valence-corrected chi connectivity index (χ2v) is 28.9. The van der Waals surface area contributed by atoms with Gasteiger partial charge in [0.25, 0.3) is 23.6 Å². The number of amides is 8. The molecule has 0 radical (unpaired) electrons. The summed E-state index contributed by atoms with van der Waals surface area (Å²) in [4.78, 5) is 116. The Labute approximate surface area is 673 Å². The summed E-state index contributed by atoms with van der Waals surface area (Å²) in [7, 11) is 3.04. The third-order valence-electron chi connectivity index (χ3n) is 20.4. The number of anilines is 2. The molecular formula is C83H116N16O16. The van der Waals surface area contributed by atoms with Gasteiger partial charge in [-0.25, -0.2) is 0 Å². The summed E-state index contributed by atoms with van der Waals surface area (Å²) in [6.45, 7) is 18.7. The molecule has 32 heteroatoms. The molecule has 0 aliphatic carbocycles. The number of hydrogen-bond donors (Lipinski definition) is 8. The number of fused-ring (bicyclic) bond motifs is 2. The molecule has 6 heterocycles. The fraction of sp³-hybridized carbons (Fsp3) is 0.542. The van der Waals surface area contributed by atoms with Crippen LogP contribution in [-0.4, -0.2) is 282 Å². The summed E-state index contributed by atoms with van der Waals surface area (Å²) in [5.74, 6) is -0.195. The summed E-state index contributed by atoms with van der Waals surface area (Å²) < 4.78 is 44.9. The Morgan fingerprint density at radius 3 is 1.02 bits per heavy atom. The summed E-state index contributed by atoms with van der Waals surface area (Å²) >= 11 is 0. The van der Waals surface area contributed by atoms with Gasteiger partial charge in [0.15, 0.2) is 23.8 Å². The number of aromatic nitrogens is 4. The van der Waals surface area contributed by atoms with Crippen molar-refractivity contribution in [2.75, 3.05) is 196 Å². The van der Waals surface area contributed by atoms with E-state index < -0.39 is 12.2 Å². The first-order chi connectivity index (χ1) is 56.3. The van der Waals surface area contributed by atoms with E-state index in [2.05, 4.69) is 71.9 Å². The molecule has 4 aliphatic rings. The number of carbonyl (C=O) groups is 8. The number of benzene rings is 4. The number of H-pyrrole nitrogens is 2. The largest absolute Gasteiger partial charge is 0.379 e. The van der Waals surface area contributed by atoms with Crippen molar-refractivity contribution < 1.29 is 76.3 Å². The number of carbonyl (C=O) groups excluding carboxylic acids is 8. The monoisotopic (exact) mass is 1590 g/mol. The van der Waals surface area contributed by atoms with Gasteiger partial charge in [-0.3, -0.25) is 58.4 Å². The molecule has 0 unspecified atom stereocenters. The third kappa shape index (κ3) is 29.7. The Morgan fingerprint density at radius 2 is 0.687 bits per heavy atom. The first kappa shape index (κ1) is 88.0. The molecule has 10 rings (SSSR count). The highest BCUT2D eigenvalue weighted by molar-refractivity contribution is 6.05. The van der Waals surface area contributed by atoms with E-state index in [-0.39, 0.29) is 60.1 Å². The van der Waals surface area contributed by atoms with Gasteiger partial charge in [-0.1, -0.05) is 84.9 Å². The molecule has 624 valence electrons. The Kier molecular flexibility index (Phi) is 37.3. The zero-order valence-corrected chi connectivity index (χ0v) is 66.6. The molecular weight excluding hydrogens is 1480 g/mol. The average Bonchev–Trinajstić information content (AvgIpc) is 1.64. The smallest absolute Gasteiger partial charge is 0.256 e. The highest BCUT2D eigenvalue weighted by Gasteiger charge is 2.36. The maximum absolute atomic E-state index is 13.4. The van der Waals surface area contributed by atoms with Crippen LogP contribution in [0.15, 0.2) is 109 Å². The standard InChI is InChI=1S/C83H116N16O16/c1-108-76(64-14-5-3-6-15-64)82(106)98-58-68-70(60-98)90-92-78(68)88-80(104)66-24-20-62(21-25-66)56-96-40-36-94(37-41-96)34-28-74(102)86-32-12-46-112-50-54-114-52-48-110-44-10-30-84-72(100)18-9-19-73(101)85-31-11-45-111-49-53-115-55-51-113-47-13-33-87-75(103)29-35-95-38-42-97(43-39-95)57-63-22-26-67(27-23-63)81(105)89-79-69-59-99(61-71(69)91-93-79)83(107)77(109-2)65-16-7-4-8-17-65/h3-8,14-17,20-27,76-77H,9-13,18-19,28-61H2,1-2H3,(H,84,100)(H,85,101)(H,86,102)(H,87,103)(H2,88,90,92,104)(H2,89,91,93,105)/t76-,77+. The third-order valence-corrected chi connectivity index (χ3v) is 20.4. The lowest BCUT2D eigenvalue weighted by Gasteiger charge is -2.34. The zero-order chi connectivity index (χ0) is 80.6. The van der Waals surface area contributed by atoms with Crippen LogP contribution in [0.4, 0.5) is 11.6 Å². The van der Waals surface area contributed by atoms with Gasteiger partial charge in [-0.2, -0.15) is 10.2 Å². The van der Waals surface area contributed by atoms with Crippen molar-refractivity contribution in [3.63, 3.8) is 0 Å². The minimum atomic E-state index is -0.723. The number of methoxy groups -OCH3 is 2. The summed E-state index contributed by atoms with van der Waals surface area (Å²) in [5, 5.41) is 32.2. The molecule has 2 saturated heterocycles. The van der Waals surface area contributed by atoms with Crippen molar-refractivity contribution in [1.29, 1.82) is 0 Å². The lowest BCUT2D eigenvalue weighted by molar-refractivity contribution is -0.143. The first-order valence-electron chi connectivity index (χ1n) is 40.4. The topological polar surface area (TPSA) is 359 Å². The number of piperazine rings is 2. The van der Waals surface area contributed by atoms with E-state index in [1.807, 2.05) is 109 Å². The Balaban J connectivity index is 0.424.